The van der Waals surface area contributed by atoms with Gasteiger partial charge in [0.1, 0.15) is 5.75 Å². The van der Waals surface area contributed by atoms with E-state index in [4.69, 9.17) is 11.5 Å². The molecule has 0 unspecified atom stereocenters. The molecule has 1 aromatic carbocycles. The third-order valence-corrected chi connectivity index (χ3v) is 1.85. The number of nitrogens with zero attached hydrogens (tertiary/aromatic N) is 2. The van der Waals surface area contributed by atoms with Gasteiger partial charge < -0.3 is 16.6 Å². The van der Waals surface area contributed by atoms with Gasteiger partial charge in [-0.3, -0.25) is 0 Å². The molecule has 0 atom stereocenters. The number of hydrogen-bond donors (Lipinski definition) is 3. The predicted octanol–water partition coefficient (Wildman–Crippen LogP) is 0.728. The molecule has 5 N–H and O–H groups in total. The number of nitrogens with two attached hydrogens (primary N) is 2. The largest absolute Gasteiger partial charge is 0.508 e. The Labute approximate surface area is 93.8 Å². The molecule has 0 aliphatic carbocycles. The lowest BCUT2D eigenvalue weighted by Gasteiger charge is -2.02. The van der Waals surface area contributed by atoms with Gasteiger partial charge in [-0.2, -0.15) is 5.10 Å². The van der Waals surface area contributed by atoms with Crippen LogP contribution >= 0.6 is 0 Å². The van der Waals surface area contributed by atoms with Gasteiger partial charge in [-0.1, -0.05) is 6.08 Å². The van der Waals surface area contributed by atoms with Crippen molar-refractivity contribution < 1.29 is 5.11 Å². The summed E-state index contributed by atoms with van der Waals surface area (Å²) in [6.45, 7) is 3.61. The van der Waals surface area contributed by atoms with Crippen LogP contribution in [0.15, 0.2) is 41.1 Å². The number of allylic oxidation sites excluding steroid dienone is 1. The standard InChI is InChI=1S/C11H14N4O/c1-2-3-9-6-8(4-5-10(9)16)7-14-15-11(12)13/h2,4-7,16H,1,3H2,(H4,12,13,15). The van der Waals surface area contributed by atoms with E-state index < -0.39 is 0 Å². The van der Waals surface area contributed by atoms with E-state index in [1.54, 1.807) is 24.3 Å². The van der Waals surface area contributed by atoms with Crippen LogP contribution in [0.2, 0.25) is 0 Å². The molecule has 0 bridgehead atoms. The summed E-state index contributed by atoms with van der Waals surface area (Å²) in [6, 6.07) is 5.10. The Bertz CT molecular complexity index is 434. The number of aromatic hydroxyl groups is 1. The molecule has 0 radical (unpaired) electrons. The smallest absolute Gasteiger partial charge is 0.211 e. The number of rotatable bonds is 4. The Kier molecular flexibility index (Phi) is 4.08. The first kappa shape index (κ1) is 11.8. The lowest BCUT2D eigenvalue weighted by molar-refractivity contribution is 0.469. The molecule has 1 aromatic rings. The van der Waals surface area contributed by atoms with Crippen molar-refractivity contribution in [2.45, 2.75) is 6.42 Å². The van der Waals surface area contributed by atoms with Gasteiger partial charge in [-0.15, -0.1) is 11.7 Å². The topological polar surface area (TPSA) is 97.0 Å². The third kappa shape index (κ3) is 3.45. The monoisotopic (exact) mass is 218 g/mol. The van der Waals surface area contributed by atoms with Crippen LogP contribution in [0.5, 0.6) is 5.75 Å². The average Bonchev–Trinajstić information content (AvgIpc) is 2.22. The fourth-order valence-corrected chi connectivity index (χ4v) is 1.17. The Morgan fingerprint density at radius 3 is 2.81 bits per heavy atom. The highest BCUT2D eigenvalue weighted by Crippen LogP contribution is 2.18. The van der Waals surface area contributed by atoms with E-state index in [1.807, 2.05) is 0 Å². The summed E-state index contributed by atoms with van der Waals surface area (Å²) in [4.78, 5) is 0. The van der Waals surface area contributed by atoms with Gasteiger partial charge >= 0.3 is 0 Å². The van der Waals surface area contributed by atoms with Gasteiger partial charge in [0.2, 0.25) is 5.96 Å². The fourth-order valence-electron chi connectivity index (χ4n) is 1.17. The number of phenols is 1. The zero-order valence-electron chi connectivity index (χ0n) is 8.80. The van der Waals surface area contributed by atoms with Crippen molar-refractivity contribution in [2.24, 2.45) is 21.7 Å². The van der Waals surface area contributed by atoms with E-state index in [2.05, 4.69) is 16.8 Å². The molecule has 0 aliphatic heterocycles. The highest BCUT2D eigenvalue weighted by atomic mass is 16.3. The number of phenolic OH excluding ortho intramolecular Hbond substituents is 1. The van der Waals surface area contributed by atoms with Crippen LogP contribution < -0.4 is 11.5 Å². The Hall–Kier alpha value is -2.30. The Morgan fingerprint density at radius 1 is 1.44 bits per heavy atom. The molecule has 0 fully saturated rings. The van der Waals surface area contributed by atoms with Crippen LogP contribution in [0.3, 0.4) is 0 Å². The molecule has 1 rings (SSSR count). The first-order chi connectivity index (χ1) is 7.63. The van der Waals surface area contributed by atoms with Crippen molar-refractivity contribution in [1.82, 2.24) is 0 Å². The minimum Gasteiger partial charge on any atom is -0.508 e. The van der Waals surface area contributed by atoms with Crippen molar-refractivity contribution in [3.05, 3.63) is 42.0 Å². The van der Waals surface area contributed by atoms with E-state index in [1.165, 1.54) is 6.21 Å². The van der Waals surface area contributed by atoms with Gasteiger partial charge in [0.05, 0.1) is 6.21 Å². The average molecular weight is 218 g/mol. The maximum atomic E-state index is 9.52. The van der Waals surface area contributed by atoms with Crippen molar-refractivity contribution >= 4 is 12.2 Å². The summed E-state index contributed by atoms with van der Waals surface area (Å²) in [6.07, 6.45) is 3.81. The van der Waals surface area contributed by atoms with Crippen molar-refractivity contribution in [1.29, 1.82) is 0 Å². The molecule has 0 spiro atoms. The second kappa shape index (κ2) is 5.55. The molecule has 16 heavy (non-hydrogen) atoms. The van der Waals surface area contributed by atoms with Crippen LogP contribution in [0.4, 0.5) is 0 Å². The highest BCUT2D eigenvalue weighted by molar-refractivity contribution is 5.82. The van der Waals surface area contributed by atoms with Gasteiger partial charge in [-0.25, -0.2) is 0 Å². The molecule has 0 saturated heterocycles. The highest BCUT2D eigenvalue weighted by Gasteiger charge is 1.99. The minimum atomic E-state index is -0.0960. The molecule has 5 nitrogen and oxygen atoms in total. The van der Waals surface area contributed by atoms with Gasteiger partial charge in [-0.05, 0) is 35.7 Å². The number of hydrogen-bond acceptors (Lipinski definition) is 3. The van der Waals surface area contributed by atoms with Gasteiger partial charge in [0.15, 0.2) is 0 Å². The molecule has 5 heteroatoms. The molecule has 0 aromatic heterocycles. The van der Waals surface area contributed by atoms with Gasteiger partial charge in [0.25, 0.3) is 0 Å². The Morgan fingerprint density at radius 2 is 2.19 bits per heavy atom. The maximum absolute atomic E-state index is 9.52. The van der Waals surface area contributed by atoms with Crippen LogP contribution in [0.1, 0.15) is 11.1 Å². The van der Waals surface area contributed by atoms with E-state index in [-0.39, 0.29) is 11.7 Å². The second-order valence-electron chi connectivity index (χ2n) is 3.15. The number of benzene rings is 1. The van der Waals surface area contributed by atoms with Crippen LogP contribution in [-0.2, 0) is 6.42 Å². The summed E-state index contributed by atoms with van der Waals surface area (Å²) in [5.74, 6) is 0.139. The summed E-state index contributed by atoms with van der Waals surface area (Å²) in [7, 11) is 0. The number of guanidine groups is 1. The summed E-state index contributed by atoms with van der Waals surface area (Å²) in [5.41, 5.74) is 11.8. The van der Waals surface area contributed by atoms with Gasteiger partial charge in [0, 0.05) is 0 Å². The normalized spacial score (nSPS) is 10.2. The van der Waals surface area contributed by atoms with Crippen LogP contribution in [0.25, 0.3) is 0 Å². The zero-order valence-corrected chi connectivity index (χ0v) is 8.80. The fraction of sp³-hybridized carbons (Fsp3) is 0.0909. The summed E-state index contributed by atoms with van der Waals surface area (Å²) >= 11 is 0. The molecule has 0 aliphatic rings. The lowest BCUT2D eigenvalue weighted by Crippen LogP contribution is -2.21. The summed E-state index contributed by atoms with van der Waals surface area (Å²) < 4.78 is 0. The van der Waals surface area contributed by atoms with Crippen LogP contribution in [0, 0.1) is 0 Å². The molecule has 0 saturated carbocycles. The first-order valence-electron chi connectivity index (χ1n) is 4.68. The van der Waals surface area contributed by atoms with Crippen molar-refractivity contribution in [2.75, 3.05) is 0 Å². The molecule has 0 heterocycles. The predicted molar refractivity (Wildman–Crippen MR) is 65.4 cm³/mol. The lowest BCUT2D eigenvalue weighted by atomic mass is 10.1. The molecular weight excluding hydrogens is 204 g/mol. The third-order valence-electron chi connectivity index (χ3n) is 1.85. The quantitative estimate of drug-likeness (QED) is 0.301. The zero-order chi connectivity index (χ0) is 12.0. The SMILES string of the molecule is C=CCc1cc(C=NN=C(N)N)ccc1O. The van der Waals surface area contributed by atoms with Crippen molar-refractivity contribution in [3.8, 4) is 5.75 Å². The van der Waals surface area contributed by atoms with E-state index in [0.717, 1.165) is 11.1 Å². The Balaban J connectivity index is 2.90. The molecule has 0 amide bonds. The van der Waals surface area contributed by atoms with E-state index in [9.17, 15) is 5.11 Å². The molecular formula is C11H14N4O. The first-order valence-corrected chi connectivity index (χ1v) is 4.68. The maximum Gasteiger partial charge on any atom is 0.211 e. The molecule has 84 valence electrons. The van der Waals surface area contributed by atoms with Crippen molar-refractivity contribution in [3.63, 3.8) is 0 Å². The second-order valence-corrected chi connectivity index (χ2v) is 3.15. The van der Waals surface area contributed by atoms with E-state index in [0.29, 0.717) is 6.42 Å². The van der Waals surface area contributed by atoms with Crippen LogP contribution in [-0.4, -0.2) is 17.3 Å². The van der Waals surface area contributed by atoms with E-state index >= 15 is 0 Å². The summed E-state index contributed by atoms with van der Waals surface area (Å²) in [5, 5.41) is 16.7. The minimum absolute atomic E-state index is 0.0960.